The number of hydrogen-bond acceptors (Lipinski definition) is 3. The molecule has 0 saturated heterocycles. The van der Waals surface area contributed by atoms with E-state index in [2.05, 4.69) is 30.4 Å². The molecule has 0 amide bonds. The molecule has 90 valence electrons. The molecule has 0 bridgehead atoms. The topological polar surface area (TPSA) is 71.1 Å². The third kappa shape index (κ3) is 4.07. The van der Waals surface area contributed by atoms with E-state index in [1.54, 1.807) is 32.9 Å². The number of aryl methyl sites for hydroxylation is 1. The third-order valence-electron chi connectivity index (χ3n) is 1.65. The number of nitrogens with zero attached hydrogens (tertiary/aromatic N) is 1. The fourth-order valence-corrected chi connectivity index (χ4v) is 2.37. The van der Waals surface area contributed by atoms with Crippen LogP contribution in [0.15, 0.2) is 16.6 Å². The zero-order chi connectivity index (χ0) is 12.3. The van der Waals surface area contributed by atoms with E-state index in [0.29, 0.717) is 5.82 Å². The van der Waals surface area contributed by atoms with Gasteiger partial charge in [-0.15, -0.1) is 0 Å². The molecule has 0 aliphatic carbocycles. The molecule has 1 heterocycles. The Morgan fingerprint density at radius 2 is 2.00 bits per heavy atom. The minimum Gasteiger partial charge on any atom is -0.255 e. The molecule has 0 aromatic carbocycles. The number of anilines is 1. The summed E-state index contributed by atoms with van der Waals surface area (Å²) in [6.45, 7) is 5.29. The Morgan fingerprint density at radius 1 is 1.38 bits per heavy atom. The standard InChI is InChI=1S/C9H14BrN3O2S/c1-6(2)12-16(14,15)13-9-5-4-8(10)7(3)11-9/h4-6,12H,1-3H3,(H,11,13). The van der Waals surface area contributed by atoms with Crippen molar-refractivity contribution in [3.8, 4) is 0 Å². The van der Waals surface area contributed by atoms with Crippen LogP contribution in [0.4, 0.5) is 5.82 Å². The van der Waals surface area contributed by atoms with Gasteiger partial charge in [-0.05, 0) is 48.8 Å². The molecule has 0 spiro atoms. The van der Waals surface area contributed by atoms with Crippen LogP contribution < -0.4 is 9.44 Å². The molecule has 0 saturated carbocycles. The maximum atomic E-state index is 11.5. The minimum absolute atomic E-state index is 0.158. The predicted octanol–water partition coefficient (Wildman–Crippen LogP) is 1.81. The minimum atomic E-state index is -3.54. The maximum Gasteiger partial charge on any atom is 0.300 e. The Hall–Kier alpha value is -0.660. The number of rotatable bonds is 4. The number of pyridine rings is 1. The first kappa shape index (κ1) is 13.4. The number of halogens is 1. The second-order valence-corrected chi connectivity index (χ2v) is 5.94. The molecule has 16 heavy (non-hydrogen) atoms. The first-order valence-electron chi connectivity index (χ1n) is 4.73. The van der Waals surface area contributed by atoms with Crippen LogP contribution in [-0.2, 0) is 10.2 Å². The van der Waals surface area contributed by atoms with Crippen LogP contribution in [0.1, 0.15) is 19.5 Å². The Kier molecular flexibility index (Phi) is 4.28. The van der Waals surface area contributed by atoms with Crippen LogP contribution in [0.25, 0.3) is 0 Å². The summed E-state index contributed by atoms with van der Waals surface area (Å²) in [4.78, 5) is 4.09. The summed E-state index contributed by atoms with van der Waals surface area (Å²) < 4.78 is 28.7. The van der Waals surface area contributed by atoms with Gasteiger partial charge in [-0.3, -0.25) is 4.72 Å². The summed E-state index contributed by atoms with van der Waals surface area (Å²) in [6, 6.07) is 3.18. The molecule has 0 atom stereocenters. The first-order valence-corrected chi connectivity index (χ1v) is 7.01. The van der Waals surface area contributed by atoms with Gasteiger partial charge in [-0.25, -0.2) is 4.98 Å². The lowest BCUT2D eigenvalue weighted by Crippen LogP contribution is -2.35. The molecular weight excluding hydrogens is 294 g/mol. The molecule has 1 aromatic heterocycles. The molecule has 0 radical (unpaired) electrons. The van der Waals surface area contributed by atoms with Crippen LogP contribution in [0.2, 0.25) is 0 Å². The van der Waals surface area contributed by atoms with Crippen LogP contribution in [0.5, 0.6) is 0 Å². The number of nitrogens with one attached hydrogen (secondary N) is 2. The van der Waals surface area contributed by atoms with E-state index in [4.69, 9.17) is 0 Å². The van der Waals surface area contributed by atoms with Crippen molar-refractivity contribution in [1.29, 1.82) is 0 Å². The van der Waals surface area contributed by atoms with E-state index in [1.807, 2.05) is 0 Å². The summed E-state index contributed by atoms with van der Waals surface area (Å²) >= 11 is 3.29. The fraction of sp³-hybridized carbons (Fsp3) is 0.444. The second-order valence-electron chi connectivity index (χ2n) is 3.64. The summed E-state index contributed by atoms with van der Waals surface area (Å²) in [5.74, 6) is 0.300. The van der Waals surface area contributed by atoms with E-state index in [0.717, 1.165) is 10.2 Å². The summed E-state index contributed by atoms with van der Waals surface area (Å²) in [5.41, 5.74) is 0.727. The zero-order valence-corrected chi connectivity index (χ0v) is 11.7. The molecule has 5 nitrogen and oxygen atoms in total. The Balaban J connectivity index is 2.84. The van der Waals surface area contributed by atoms with Gasteiger partial charge in [-0.1, -0.05) is 0 Å². The highest BCUT2D eigenvalue weighted by Gasteiger charge is 2.12. The molecule has 0 unspecified atom stereocenters. The van der Waals surface area contributed by atoms with Crippen LogP contribution >= 0.6 is 15.9 Å². The summed E-state index contributed by atoms with van der Waals surface area (Å²) in [7, 11) is -3.54. The van der Waals surface area contributed by atoms with Crippen LogP contribution in [0.3, 0.4) is 0 Å². The van der Waals surface area contributed by atoms with Gasteiger partial charge in [0.1, 0.15) is 5.82 Å². The average Bonchev–Trinajstić information content (AvgIpc) is 2.08. The van der Waals surface area contributed by atoms with Gasteiger partial charge >= 0.3 is 0 Å². The molecule has 1 rings (SSSR count). The lowest BCUT2D eigenvalue weighted by atomic mass is 10.4. The van der Waals surface area contributed by atoms with Crippen LogP contribution in [-0.4, -0.2) is 19.4 Å². The molecule has 1 aromatic rings. The monoisotopic (exact) mass is 307 g/mol. The van der Waals surface area contributed by atoms with Gasteiger partial charge in [0.25, 0.3) is 10.2 Å². The lowest BCUT2D eigenvalue weighted by Gasteiger charge is -2.11. The normalized spacial score (nSPS) is 11.8. The van der Waals surface area contributed by atoms with Gasteiger partial charge in [0.05, 0.1) is 5.69 Å². The maximum absolute atomic E-state index is 11.5. The van der Waals surface area contributed by atoms with Gasteiger partial charge in [0.15, 0.2) is 0 Å². The van der Waals surface area contributed by atoms with Crippen molar-refractivity contribution in [2.75, 3.05) is 4.72 Å². The predicted molar refractivity (Wildman–Crippen MR) is 67.5 cm³/mol. The van der Waals surface area contributed by atoms with E-state index in [-0.39, 0.29) is 6.04 Å². The first-order chi connectivity index (χ1) is 7.30. The Morgan fingerprint density at radius 3 is 2.50 bits per heavy atom. The third-order valence-corrected chi connectivity index (χ3v) is 3.75. The van der Waals surface area contributed by atoms with Crippen molar-refractivity contribution in [2.45, 2.75) is 26.8 Å². The van der Waals surface area contributed by atoms with Crippen LogP contribution in [0, 0.1) is 6.92 Å². The lowest BCUT2D eigenvalue weighted by molar-refractivity contribution is 0.575. The second kappa shape index (κ2) is 5.11. The molecule has 7 heteroatoms. The van der Waals surface area contributed by atoms with Gasteiger partial charge in [0, 0.05) is 10.5 Å². The van der Waals surface area contributed by atoms with Gasteiger partial charge < -0.3 is 0 Å². The largest absolute Gasteiger partial charge is 0.300 e. The fourth-order valence-electron chi connectivity index (χ4n) is 1.08. The van der Waals surface area contributed by atoms with Crippen molar-refractivity contribution in [3.63, 3.8) is 0 Å². The number of aromatic nitrogens is 1. The molecular formula is C9H14BrN3O2S. The van der Waals surface area contributed by atoms with Crippen molar-refractivity contribution < 1.29 is 8.42 Å². The summed E-state index contributed by atoms with van der Waals surface area (Å²) in [6.07, 6.45) is 0. The van der Waals surface area contributed by atoms with E-state index >= 15 is 0 Å². The Bertz CT molecular complexity index is 474. The van der Waals surface area contributed by atoms with E-state index in [1.165, 1.54) is 0 Å². The van der Waals surface area contributed by atoms with E-state index in [9.17, 15) is 8.42 Å². The Labute approximate surface area is 104 Å². The number of hydrogen-bond donors (Lipinski definition) is 2. The highest BCUT2D eigenvalue weighted by Crippen LogP contribution is 2.16. The van der Waals surface area contributed by atoms with Crippen molar-refractivity contribution in [1.82, 2.24) is 9.71 Å². The van der Waals surface area contributed by atoms with Gasteiger partial charge in [-0.2, -0.15) is 13.1 Å². The van der Waals surface area contributed by atoms with Gasteiger partial charge in [0.2, 0.25) is 0 Å². The van der Waals surface area contributed by atoms with Crippen molar-refractivity contribution >= 4 is 32.0 Å². The van der Waals surface area contributed by atoms with E-state index < -0.39 is 10.2 Å². The highest BCUT2D eigenvalue weighted by molar-refractivity contribution is 9.10. The zero-order valence-electron chi connectivity index (χ0n) is 9.28. The quantitative estimate of drug-likeness (QED) is 0.891. The van der Waals surface area contributed by atoms with Crippen molar-refractivity contribution in [2.24, 2.45) is 0 Å². The molecule has 0 aliphatic rings. The average molecular weight is 308 g/mol. The molecule has 0 aliphatic heterocycles. The van der Waals surface area contributed by atoms with Crippen molar-refractivity contribution in [3.05, 3.63) is 22.3 Å². The summed E-state index contributed by atoms with van der Waals surface area (Å²) in [5, 5.41) is 0. The smallest absolute Gasteiger partial charge is 0.255 e. The SMILES string of the molecule is Cc1nc(NS(=O)(=O)NC(C)C)ccc1Br. The molecule has 0 fully saturated rings. The highest BCUT2D eigenvalue weighted by atomic mass is 79.9. The molecule has 2 N–H and O–H groups in total.